The maximum absolute atomic E-state index is 13.6. The Morgan fingerprint density at radius 3 is 2.46 bits per heavy atom. The molecule has 2 amide bonds. The lowest BCUT2D eigenvalue weighted by Crippen LogP contribution is -2.46. The molecule has 6 rings (SSSR count). The van der Waals surface area contributed by atoms with Crippen LogP contribution in [0.4, 0.5) is 5.69 Å². The van der Waals surface area contributed by atoms with Crippen molar-refractivity contribution in [3.05, 3.63) is 66.7 Å². The molecule has 37 heavy (non-hydrogen) atoms. The summed E-state index contributed by atoms with van der Waals surface area (Å²) in [4.78, 5) is 30.5. The molecular weight excluding hydrogens is 472 g/mol. The zero-order chi connectivity index (χ0) is 25.4. The van der Waals surface area contributed by atoms with Crippen LogP contribution in [-0.2, 0) is 4.79 Å². The lowest BCUT2D eigenvalue weighted by Gasteiger charge is -2.38. The maximum atomic E-state index is 13.6. The molecule has 4 aromatic rings. The Bertz CT molecular complexity index is 1410. The van der Waals surface area contributed by atoms with E-state index in [1.54, 1.807) is 25.4 Å². The topological polar surface area (TPSA) is 122 Å². The minimum absolute atomic E-state index is 0.0278. The minimum atomic E-state index is -0.433. The van der Waals surface area contributed by atoms with E-state index >= 15 is 0 Å². The molecule has 2 fully saturated rings. The van der Waals surface area contributed by atoms with Crippen molar-refractivity contribution in [1.29, 1.82) is 0 Å². The highest BCUT2D eigenvalue weighted by Gasteiger charge is 2.49. The van der Waals surface area contributed by atoms with Gasteiger partial charge in [-0.3, -0.25) is 14.7 Å². The van der Waals surface area contributed by atoms with Crippen LogP contribution >= 0.6 is 0 Å². The van der Waals surface area contributed by atoms with E-state index in [9.17, 15) is 9.59 Å². The average Bonchev–Trinajstić information content (AvgIpc) is 3.72. The number of H-pyrrole nitrogens is 1. The Hall–Kier alpha value is -4.54. The molecule has 2 aromatic heterocycles. The van der Waals surface area contributed by atoms with Gasteiger partial charge in [-0.25, -0.2) is 4.68 Å². The van der Waals surface area contributed by atoms with E-state index in [0.29, 0.717) is 43.8 Å². The summed E-state index contributed by atoms with van der Waals surface area (Å²) in [6.07, 6.45) is 7.14. The van der Waals surface area contributed by atoms with E-state index in [1.807, 2.05) is 46.3 Å². The molecule has 0 unspecified atom stereocenters. The van der Waals surface area contributed by atoms with Crippen LogP contribution in [0.15, 0.2) is 61.2 Å². The molecular formula is C26H26N8O3. The van der Waals surface area contributed by atoms with Crippen LogP contribution < -0.4 is 9.64 Å². The number of benzene rings is 2. The van der Waals surface area contributed by atoms with E-state index in [-0.39, 0.29) is 11.8 Å². The van der Waals surface area contributed by atoms with Crippen molar-refractivity contribution >= 4 is 17.5 Å². The zero-order valence-corrected chi connectivity index (χ0v) is 20.4. The van der Waals surface area contributed by atoms with Gasteiger partial charge in [0.05, 0.1) is 24.4 Å². The Morgan fingerprint density at radius 1 is 1.03 bits per heavy atom. The van der Waals surface area contributed by atoms with Gasteiger partial charge in [-0.2, -0.15) is 5.10 Å². The number of aromatic nitrogens is 6. The summed E-state index contributed by atoms with van der Waals surface area (Å²) in [5.74, 6) is 0.794. The van der Waals surface area contributed by atoms with E-state index < -0.39 is 5.41 Å². The van der Waals surface area contributed by atoms with Crippen molar-refractivity contribution in [3.63, 3.8) is 0 Å². The second-order valence-corrected chi connectivity index (χ2v) is 9.45. The van der Waals surface area contributed by atoms with Gasteiger partial charge < -0.3 is 14.5 Å². The van der Waals surface area contributed by atoms with E-state index in [4.69, 9.17) is 4.74 Å². The Labute approximate surface area is 213 Å². The Balaban J connectivity index is 1.13. The number of nitrogens with zero attached hydrogens (tertiary/aromatic N) is 7. The molecule has 0 atom stereocenters. The standard InChI is InChI=1S/C26H26N8O3/c1-37-23-14-21(6-7-22(23)19-15-27-28-16-19)33-13-10-26(25(33)36)8-11-32(12-9-26)24(35)18-2-4-20(5-3-18)34-17-29-30-31-34/h2-7,14-17H,8-13H2,1H3,(H,27,28). The number of aromatic amines is 1. The summed E-state index contributed by atoms with van der Waals surface area (Å²) in [5.41, 5.74) is 3.63. The molecule has 1 N–H and O–H groups in total. The van der Waals surface area contributed by atoms with Gasteiger partial charge >= 0.3 is 0 Å². The number of likely N-dealkylation sites (tertiary alicyclic amines) is 1. The first-order chi connectivity index (χ1) is 18.1. The van der Waals surface area contributed by atoms with Crippen LogP contribution in [0.2, 0.25) is 0 Å². The van der Waals surface area contributed by atoms with Crippen LogP contribution in [0.3, 0.4) is 0 Å². The van der Waals surface area contributed by atoms with Crippen LogP contribution in [0.1, 0.15) is 29.6 Å². The third-order valence-electron chi connectivity index (χ3n) is 7.55. The molecule has 1 spiro atoms. The Morgan fingerprint density at radius 2 is 1.78 bits per heavy atom. The first kappa shape index (κ1) is 22.9. The fraction of sp³-hybridized carbons (Fsp3) is 0.308. The van der Waals surface area contributed by atoms with Gasteiger partial charge in [0.25, 0.3) is 5.91 Å². The molecule has 188 valence electrons. The van der Waals surface area contributed by atoms with E-state index in [2.05, 4.69) is 25.7 Å². The largest absolute Gasteiger partial charge is 0.496 e. The minimum Gasteiger partial charge on any atom is -0.496 e. The molecule has 11 nitrogen and oxygen atoms in total. The molecule has 4 heterocycles. The molecule has 2 aromatic carbocycles. The summed E-state index contributed by atoms with van der Waals surface area (Å²) in [6, 6.07) is 13.0. The van der Waals surface area contributed by atoms with Gasteiger partial charge in [-0.05, 0) is 66.1 Å². The monoisotopic (exact) mass is 498 g/mol. The van der Waals surface area contributed by atoms with Crippen molar-refractivity contribution < 1.29 is 14.3 Å². The number of carbonyl (C=O) groups excluding carboxylic acids is 2. The number of carbonyl (C=O) groups is 2. The van der Waals surface area contributed by atoms with Crippen molar-refractivity contribution in [2.75, 3.05) is 31.6 Å². The van der Waals surface area contributed by atoms with Gasteiger partial charge in [0, 0.05) is 54.3 Å². The predicted molar refractivity (Wildman–Crippen MR) is 134 cm³/mol. The summed E-state index contributed by atoms with van der Waals surface area (Å²) in [7, 11) is 1.63. The molecule has 0 radical (unpaired) electrons. The SMILES string of the molecule is COc1cc(N2CCC3(CCN(C(=O)c4ccc(-n5cnnn5)cc4)CC3)C2=O)ccc1-c1cn[nH]c1. The number of ether oxygens (including phenoxy) is 1. The number of nitrogens with one attached hydrogen (secondary N) is 1. The number of rotatable bonds is 5. The van der Waals surface area contributed by atoms with E-state index in [1.165, 1.54) is 11.0 Å². The van der Waals surface area contributed by atoms with Gasteiger partial charge in [0.2, 0.25) is 5.91 Å². The highest BCUT2D eigenvalue weighted by molar-refractivity contribution is 6.01. The number of amides is 2. The molecule has 2 aliphatic heterocycles. The summed E-state index contributed by atoms with van der Waals surface area (Å²) < 4.78 is 7.16. The lowest BCUT2D eigenvalue weighted by atomic mass is 9.77. The van der Waals surface area contributed by atoms with Gasteiger partial charge in [-0.15, -0.1) is 5.10 Å². The van der Waals surface area contributed by atoms with Crippen LogP contribution in [0.25, 0.3) is 16.8 Å². The zero-order valence-electron chi connectivity index (χ0n) is 20.4. The normalized spacial score (nSPS) is 16.9. The fourth-order valence-electron chi connectivity index (χ4n) is 5.37. The summed E-state index contributed by atoms with van der Waals surface area (Å²) in [5, 5.41) is 18.0. The van der Waals surface area contributed by atoms with Gasteiger partial charge in [0.15, 0.2) is 0 Å². The smallest absolute Gasteiger partial charge is 0.253 e. The third kappa shape index (κ3) is 4.02. The molecule has 0 aliphatic carbocycles. The van der Waals surface area contributed by atoms with Crippen molar-refractivity contribution in [1.82, 2.24) is 35.3 Å². The third-order valence-corrected chi connectivity index (χ3v) is 7.55. The number of anilines is 1. The summed E-state index contributed by atoms with van der Waals surface area (Å²) in [6.45, 7) is 1.76. The number of hydrogen-bond acceptors (Lipinski definition) is 7. The molecule has 2 aliphatic rings. The number of methoxy groups -OCH3 is 1. The first-order valence-electron chi connectivity index (χ1n) is 12.2. The second-order valence-electron chi connectivity index (χ2n) is 9.45. The van der Waals surface area contributed by atoms with Crippen LogP contribution in [0.5, 0.6) is 5.75 Å². The number of piperidine rings is 1. The van der Waals surface area contributed by atoms with Gasteiger partial charge in [0.1, 0.15) is 12.1 Å². The first-order valence-corrected chi connectivity index (χ1v) is 12.2. The van der Waals surface area contributed by atoms with Crippen molar-refractivity contribution in [2.45, 2.75) is 19.3 Å². The number of tetrazole rings is 1. The fourth-order valence-corrected chi connectivity index (χ4v) is 5.37. The van der Waals surface area contributed by atoms with Gasteiger partial charge in [-0.1, -0.05) is 0 Å². The van der Waals surface area contributed by atoms with Crippen molar-refractivity contribution in [2.24, 2.45) is 5.41 Å². The van der Waals surface area contributed by atoms with Crippen LogP contribution in [-0.4, -0.2) is 73.9 Å². The highest BCUT2D eigenvalue weighted by atomic mass is 16.5. The predicted octanol–water partition coefficient (Wildman–Crippen LogP) is 2.72. The Kier molecular flexibility index (Phi) is 5.67. The van der Waals surface area contributed by atoms with E-state index in [0.717, 1.165) is 28.9 Å². The average molecular weight is 499 g/mol. The van der Waals surface area contributed by atoms with Crippen molar-refractivity contribution in [3.8, 4) is 22.6 Å². The molecule has 0 bridgehead atoms. The highest BCUT2D eigenvalue weighted by Crippen LogP contribution is 2.44. The molecule has 11 heteroatoms. The second kappa shape index (κ2) is 9.16. The van der Waals surface area contributed by atoms with Crippen LogP contribution in [0, 0.1) is 5.41 Å². The molecule has 0 saturated carbocycles. The maximum Gasteiger partial charge on any atom is 0.253 e. The summed E-state index contributed by atoms with van der Waals surface area (Å²) >= 11 is 0. The lowest BCUT2D eigenvalue weighted by molar-refractivity contribution is -0.127. The number of hydrogen-bond donors (Lipinski definition) is 1. The quantitative estimate of drug-likeness (QED) is 0.449. The molecule has 2 saturated heterocycles.